The van der Waals surface area contributed by atoms with Crippen LogP contribution < -0.4 is 5.32 Å². The Bertz CT molecular complexity index is 261. The van der Waals surface area contributed by atoms with E-state index in [0.717, 1.165) is 12.8 Å². The van der Waals surface area contributed by atoms with Gasteiger partial charge in [0.2, 0.25) is 5.91 Å². The van der Waals surface area contributed by atoms with Crippen LogP contribution in [-0.4, -0.2) is 47.7 Å². The molecule has 0 bridgehead atoms. The number of carbonyl (C=O) groups excluding carboxylic acids is 1. The summed E-state index contributed by atoms with van der Waals surface area (Å²) in [5, 5.41) is 12.3. The molecule has 104 valence electrons. The molecule has 1 atom stereocenters. The summed E-state index contributed by atoms with van der Waals surface area (Å²) in [5.74, 6) is 0.0149. The zero-order valence-electron chi connectivity index (χ0n) is 11.4. The third kappa shape index (κ3) is 5.65. The molecule has 4 nitrogen and oxygen atoms in total. The first-order valence-corrected chi connectivity index (χ1v) is 6.93. The highest BCUT2D eigenvalue weighted by Gasteiger charge is 2.23. The van der Waals surface area contributed by atoms with Crippen LogP contribution in [0.1, 0.15) is 39.0 Å². The van der Waals surface area contributed by atoms with Crippen molar-refractivity contribution in [2.24, 2.45) is 0 Å². The van der Waals surface area contributed by atoms with Crippen molar-refractivity contribution >= 4 is 5.91 Å². The van der Waals surface area contributed by atoms with E-state index in [1.165, 1.54) is 19.3 Å². The third-order valence-electron chi connectivity index (χ3n) is 3.38. The van der Waals surface area contributed by atoms with Gasteiger partial charge in [0.15, 0.2) is 0 Å². The van der Waals surface area contributed by atoms with Gasteiger partial charge in [0.05, 0.1) is 12.6 Å². The summed E-state index contributed by atoms with van der Waals surface area (Å²) in [6, 6.07) is 0.447. The highest BCUT2D eigenvalue weighted by Crippen LogP contribution is 2.22. The Kier molecular flexibility index (Phi) is 6.98. The van der Waals surface area contributed by atoms with Gasteiger partial charge in [-0.1, -0.05) is 25.3 Å². The van der Waals surface area contributed by atoms with E-state index >= 15 is 0 Å². The topological polar surface area (TPSA) is 52.6 Å². The minimum Gasteiger partial charge on any atom is -0.392 e. The number of aliphatic hydroxyl groups is 1. The van der Waals surface area contributed by atoms with Crippen molar-refractivity contribution in [1.82, 2.24) is 10.2 Å². The van der Waals surface area contributed by atoms with Crippen molar-refractivity contribution < 1.29 is 9.90 Å². The number of rotatable bonds is 7. The van der Waals surface area contributed by atoms with Crippen molar-refractivity contribution in [1.29, 1.82) is 0 Å². The zero-order valence-corrected chi connectivity index (χ0v) is 11.4. The van der Waals surface area contributed by atoms with Crippen LogP contribution in [0.4, 0.5) is 0 Å². The lowest BCUT2D eigenvalue weighted by atomic mass is 9.94. The molecule has 0 aromatic carbocycles. The Morgan fingerprint density at radius 1 is 1.50 bits per heavy atom. The molecular weight excluding hydrogens is 228 g/mol. The summed E-state index contributed by atoms with van der Waals surface area (Å²) < 4.78 is 0. The van der Waals surface area contributed by atoms with Crippen LogP contribution in [-0.2, 0) is 4.79 Å². The molecule has 1 rings (SSSR count). The number of nitrogens with one attached hydrogen (secondary N) is 1. The summed E-state index contributed by atoms with van der Waals surface area (Å²) >= 11 is 0. The van der Waals surface area contributed by atoms with Crippen LogP contribution in [0.5, 0.6) is 0 Å². The molecule has 2 N–H and O–H groups in total. The first kappa shape index (κ1) is 15.2. The number of nitrogens with zero attached hydrogens (tertiary/aromatic N) is 1. The predicted octanol–water partition coefficient (Wildman–Crippen LogP) is 1.30. The molecule has 0 aromatic rings. The largest absolute Gasteiger partial charge is 0.392 e. The van der Waals surface area contributed by atoms with E-state index < -0.39 is 0 Å². The van der Waals surface area contributed by atoms with Crippen molar-refractivity contribution in [3.8, 4) is 0 Å². The first-order chi connectivity index (χ1) is 8.63. The summed E-state index contributed by atoms with van der Waals surface area (Å²) in [6.07, 6.45) is 7.33. The highest BCUT2D eigenvalue weighted by atomic mass is 16.3. The second-order valence-corrected chi connectivity index (χ2v) is 5.16. The van der Waals surface area contributed by atoms with Gasteiger partial charge in [-0.15, -0.1) is 6.58 Å². The molecule has 0 spiro atoms. The van der Waals surface area contributed by atoms with E-state index in [9.17, 15) is 9.90 Å². The van der Waals surface area contributed by atoms with Gasteiger partial charge in [0.25, 0.3) is 0 Å². The van der Waals surface area contributed by atoms with Crippen LogP contribution >= 0.6 is 0 Å². The van der Waals surface area contributed by atoms with Crippen molar-refractivity contribution in [3.05, 3.63) is 12.7 Å². The molecular formula is C14H26N2O2. The average molecular weight is 254 g/mol. The maximum Gasteiger partial charge on any atom is 0.234 e. The second-order valence-electron chi connectivity index (χ2n) is 5.16. The molecule has 0 aromatic heterocycles. The van der Waals surface area contributed by atoms with Gasteiger partial charge in [-0.05, 0) is 19.8 Å². The molecule has 1 unspecified atom stereocenters. The second kappa shape index (κ2) is 8.27. The maximum atomic E-state index is 11.8. The fourth-order valence-electron chi connectivity index (χ4n) is 2.55. The van der Waals surface area contributed by atoms with Gasteiger partial charge in [-0.3, -0.25) is 9.69 Å². The third-order valence-corrected chi connectivity index (χ3v) is 3.38. The minimum absolute atomic E-state index is 0.0149. The standard InChI is InChI=1S/C14H26N2O2/c1-3-9-15-14(18)11-16(10-12(2)17)13-7-5-4-6-8-13/h3,12-13,17H,1,4-11H2,2H3,(H,15,18). The molecule has 1 amide bonds. The molecule has 0 heterocycles. The van der Waals surface area contributed by atoms with Crippen LogP contribution in [0.2, 0.25) is 0 Å². The summed E-state index contributed by atoms with van der Waals surface area (Å²) in [4.78, 5) is 13.9. The monoisotopic (exact) mass is 254 g/mol. The lowest BCUT2D eigenvalue weighted by Crippen LogP contribution is -2.46. The van der Waals surface area contributed by atoms with Gasteiger partial charge in [0, 0.05) is 19.1 Å². The Morgan fingerprint density at radius 3 is 2.72 bits per heavy atom. The smallest absolute Gasteiger partial charge is 0.234 e. The average Bonchev–Trinajstić information content (AvgIpc) is 2.36. The minimum atomic E-state index is -0.390. The number of aliphatic hydroxyl groups excluding tert-OH is 1. The molecule has 0 radical (unpaired) electrons. The van der Waals surface area contributed by atoms with Gasteiger partial charge < -0.3 is 10.4 Å². The van der Waals surface area contributed by atoms with Gasteiger partial charge in [0.1, 0.15) is 0 Å². The summed E-state index contributed by atoms with van der Waals surface area (Å²) in [7, 11) is 0. The van der Waals surface area contributed by atoms with E-state index in [1.54, 1.807) is 13.0 Å². The summed E-state index contributed by atoms with van der Waals surface area (Å²) in [6.45, 7) is 6.82. The van der Waals surface area contributed by atoms with E-state index in [0.29, 0.717) is 25.7 Å². The number of amides is 1. The van der Waals surface area contributed by atoms with Crippen LogP contribution in [0.15, 0.2) is 12.7 Å². The maximum absolute atomic E-state index is 11.8. The van der Waals surface area contributed by atoms with Crippen LogP contribution in [0, 0.1) is 0 Å². The van der Waals surface area contributed by atoms with Crippen molar-refractivity contribution in [2.45, 2.75) is 51.2 Å². The van der Waals surface area contributed by atoms with E-state index in [1.807, 2.05) is 0 Å². The van der Waals surface area contributed by atoms with E-state index in [2.05, 4.69) is 16.8 Å². The predicted molar refractivity (Wildman–Crippen MR) is 73.3 cm³/mol. The van der Waals surface area contributed by atoms with E-state index in [-0.39, 0.29) is 12.0 Å². The molecule has 4 heteroatoms. The number of carbonyl (C=O) groups is 1. The van der Waals surface area contributed by atoms with Gasteiger partial charge in [-0.2, -0.15) is 0 Å². The lowest BCUT2D eigenvalue weighted by Gasteiger charge is -2.34. The summed E-state index contributed by atoms with van der Waals surface area (Å²) in [5.41, 5.74) is 0. The highest BCUT2D eigenvalue weighted by molar-refractivity contribution is 5.78. The molecule has 1 aliphatic rings. The number of hydrogen-bond donors (Lipinski definition) is 2. The number of hydrogen-bond acceptors (Lipinski definition) is 3. The van der Waals surface area contributed by atoms with E-state index in [4.69, 9.17) is 0 Å². The van der Waals surface area contributed by atoms with Crippen molar-refractivity contribution in [3.63, 3.8) is 0 Å². The molecule has 18 heavy (non-hydrogen) atoms. The lowest BCUT2D eigenvalue weighted by molar-refractivity contribution is -0.123. The Morgan fingerprint density at radius 2 is 2.17 bits per heavy atom. The molecule has 1 saturated carbocycles. The first-order valence-electron chi connectivity index (χ1n) is 6.93. The van der Waals surface area contributed by atoms with Crippen LogP contribution in [0.3, 0.4) is 0 Å². The molecule has 1 aliphatic carbocycles. The van der Waals surface area contributed by atoms with Crippen LogP contribution in [0.25, 0.3) is 0 Å². The van der Waals surface area contributed by atoms with Crippen molar-refractivity contribution in [2.75, 3.05) is 19.6 Å². The quantitative estimate of drug-likeness (QED) is 0.673. The Hall–Kier alpha value is -0.870. The normalized spacial score (nSPS) is 18.6. The molecule has 1 fully saturated rings. The Balaban J connectivity index is 2.48. The Labute approximate surface area is 110 Å². The van der Waals surface area contributed by atoms with Gasteiger partial charge >= 0.3 is 0 Å². The fourth-order valence-corrected chi connectivity index (χ4v) is 2.55. The van der Waals surface area contributed by atoms with Gasteiger partial charge in [-0.25, -0.2) is 0 Å². The molecule has 0 saturated heterocycles. The zero-order chi connectivity index (χ0) is 13.4. The fraction of sp³-hybridized carbons (Fsp3) is 0.786. The SMILES string of the molecule is C=CCNC(=O)CN(CC(C)O)C1CCCCC1. The molecule has 0 aliphatic heterocycles.